The molecule has 0 spiro atoms. The molecule has 0 fully saturated rings. The number of carbonyl (C=O) groups excluding carboxylic acids is 3. The van der Waals surface area contributed by atoms with Crippen molar-refractivity contribution in [3.63, 3.8) is 0 Å². The van der Waals surface area contributed by atoms with Crippen molar-refractivity contribution < 1.29 is 23.9 Å². The molecule has 2 amide bonds. The lowest BCUT2D eigenvalue weighted by Gasteiger charge is -2.25. The molecule has 8 nitrogen and oxygen atoms in total. The second-order valence-corrected chi connectivity index (χ2v) is 6.04. The van der Waals surface area contributed by atoms with Crippen molar-refractivity contribution in [3.05, 3.63) is 54.1 Å². The Kier molecular flexibility index (Phi) is 5.87. The first kappa shape index (κ1) is 18.9. The topological polar surface area (TPSA) is 118 Å². The maximum Gasteiger partial charge on any atom is 0.310 e. The number of nitrogens with one attached hydrogen (secondary N) is 2. The summed E-state index contributed by atoms with van der Waals surface area (Å²) in [7, 11) is 0. The van der Waals surface area contributed by atoms with Crippen molar-refractivity contribution in [1.29, 1.82) is 5.26 Å². The zero-order valence-corrected chi connectivity index (χ0v) is 14.8. The largest absolute Gasteiger partial charge is 0.478 e. The summed E-state index contributed by atoms with van der Waals surface area (Å²) in [6.45, 7) is -0.482. The van der Waals surface area contributed by atoms with E-state index in [0.717, 1.165) is 5.56 Å². The Morgan fingerprint density at radius 1 is 1.18 bits per heavy atom. The molecule has 0 radical (unpaired) electrons. The number of hydrogen-bond donors (Lipinski definition) is 2. The summed E-state index contributed by atoms with van der Waals surface area (Å²) in [5.74, 6) is -1.21. The van der Waals surface area contributed by atoms with Gasteiger partial charge in [-0.25, -0.2) is 0 Å². The summed E-state index contributed by atoms with van der Waals surface area (Å²) in [6, 6.07) is 15.7. The average molecular weight is 379 g/mol. The Morgan fingerprint density at radius 3 is 2.68 bits per heavy atom. The van der Waals surface area contributed by atoms with E-state index in [1.54, 1.807) is 48.5 Å². The van der Waals surface area contributed by atoms with Gasteiger partial charge < -0.3 is 20.1 Å². The first-order valence-electron chi connectivity index (χ1n) is 8.53. The van der Waals surface area contributed by atoms with Crippen LogP contribution in [0.25, 0.3) is 0 Å². The second kappa shape index (κ2) is 8.68. The SMILES string of the molecule is N#CCc1ccc(NC(=O)COC(=O)C[C@H]2Oc3ccccc3NC2=O)cc1. The number of para-hydroxylation sites is 2. The quantitative estimate of drug-likeness (QED) is 0.742. The van der Waals surface area contributed by atoms with Crippen molar-refractivity contribution in [1.82, 2.24) is 0 Å². The lowest BCUT2D eigenvalue weighted by molar-refractivity contribution is -0.150. The van der Waals surface area contributed by atoms with E-state index in [4.69, 9.17) is 14.7 Å². The van der Waals surface area contributed by atoms with Gasteiger partial charge in [-0.3, -0.25) is 14.4 Å². The van der Waals surface area contributed by atoms with Crippen LogP contribution in [0.2, 0.25) is 0 Å². The highest BCUT2D eigenvalue weighted by Crippen LogP contribution is 2.29. The van der Waals surface area contributed by atoms with Gasteiger partial charge in [-0.15, -0.1) is 0 Å². The fraction of sp³-hybridized carbons (Fsp3) is 0.200. The van der Waals surface area contributed by atoms with Crippen LogP contribution in [-0.4, -0.2) is 30.5 Å². The average Bonchev–Trinajstić information content (AvgIpc) is 2.69. The lowest BCUT2D eigenvalue weighted by atomic mass is 10.1. The third kappa shape index (κ3) is 4.86. The van der Waals surface area contributed by atoms with Crippen LogP contribution >= 0.6 is 0 Å². The van der Waals surface area contributed by atoms with Crippen molar-refractivity contribution in [2.75, 3.05) is 17.2 Å². The van der Waals surface area contributed by atoms with Crippen LogP contribution < -0.4 is 15.4 Å². The van der Waals surface area contributed by atoms with Crippen molar-refractivity contribution >= 4 is 29.2 Å². The van der Waals surface area contributed by atoms with Gasteiger partial charge in [0.1, 0.15) is 5.75 Å². The monoisotopic (exact) mass is 379 g/mol. The molecular weight excluding hydrogens is 362 g/mol. The summed E-state index contributed by atoms with van der Waals surface area (Å²) in [4.78, 5) is 35.8. The summed E-state index contributed by atoms with van der Waals surface area (Å²) in [5.41, 5.74) is 1.89. The van der Waals surface area contributed by atoms with Crippen molar-refractivity contribution in [3.8, 4) is 11.8 Å². The Hall–Kier alpha value is -3.86. The van der Waals surface area contributed by atoms with Crippen LogP contribution in [0.4, 0.5) is 11.4 Å². The predicted octanol–water partition coefficient (Wildman–Crippen LogP) is 2.02. The fourth-order valence-electron chi connectivity index (χ4n) is 2.58. The molecule has 0 saturated carbocycles. The van der Waals surface area contributed by atoms with E-state index >= 15 is 0 Å². The highest BCUT2D eigenvalue weighted by atomic mass is 16.5. The highest BCUT2D eigenvalue weighted by molar-refractivity contribution is 5.99. The van der Waals surface area contributed by atoms with Crippen LogP contribution in [0.3, 0.4) is 0 Å². The van der Waals surface area contributed by atoms with E-state index in [9.17, 15) is 14.4 Å². The maximum atomic E-state index is 12.0. The molecule has 1 aliphatic rings. The van der Waals surface area contributed by atoms with Gasteiger partial charge >= 0.3 is 5.97 Å². The molecule has 1 heterocycles. The highest BCUT2D eigenvalue weighted by Gasteiger charge is 2.30. The number of ether oxygens (including phenoxy) is 2. The summed E-state index contributed by atoms with van der Waals surface area (Å²) in [6.07, 6.45) is -1.04. The molecule has 0 aromatic heterocycles. The second-order valence-electron chi connectivity index (χ2n) is 6.04. The maximum absolute atomic E-state index is 12.0. The summed E-state index contributed by atoms with van der Waals surface area (Å²) >= 11 is 0. The Balaban J connectivity index is 1.46. The number of benzene rings is 2. The van der Waals surface area contributed by atoms with Crippen LogP contribution in [0, 0.1) is 11.3 Å². The molecule has 2 aromatic rings. The molecule has 0 aliphatic carbocycles. The normalized spacial score (nSPS) is 14.7. The van der Waals surface area contributed by atoms with E-state index in [0.29, 0.717) is 17.1 Å². The first-order valence-corrected chi connectivity index (χ1v) is 8.53. The van der Waals surface area contributed by atoms with Crippen LogP contribution in [-0.2, 0) is 25.5 Å². The molecule has 142 valence electrons. The molecule has 2 N–H and O–H groups in total. The molecule has 0 saturated heterocycles. The minimum Gasteiger partial charge on any atom is -0.478 e. The van der Waals surface area contributed by atoms with Crippen LogP contribution in [0.5, 0.6) is 5.75 Å². The van der Waals surface area contributed by atoms with Gasteiger partial charge in [0.25, 0.3) is 11.8 Å². The zero-order chi connectivity index (χ0) is 19.9. The number of esters is 1. The summed E-state index contributed by atoms with van der Waals surface area (Å²) in [5, 5.41) is 13.9. The first-order chi connectivity index (χ1) is 13.5. The number of carbonyl (C=O) groups is 3. The third-order valence-electron chi connectivity index (χ3n) is 3.94. The lowest BCUT2D eigenvalue weighted by Crippen LogP contribution is -2.39. The minimum absolute atomic E-state index is 0.285. The predicted molar refractivity (Wildman–Crippen MR) is 99.5 cm³/mol. The number of amides is 2. The van der Waals surface area contributed by atoms with Gasteiger partial charge in [-0.1, -0.05) is 24.3 Å². The number of fused-ring (bicyclic) bond motifs is 1. The van der Waals surface area contributed by atoms with E-state index in [-0.39, 0.29) is 12.8 Å². The molecule has 28 heavy (non-hydrogen) atoms. The molecule has 3 rings (SSSR count). The van der Waals surface area contributed by atoms with Crippen LogP contribution in [0.15, 0.2) is 48.5 Å². The number of anilines is 2. The molecule has 8 heteroatoms. The van der Waals surface area contributed by atoms with Gasteiger partial charge in [0.15, 0.2) is 12.7 Å². The zero-order valence-electron chi connectivity index (χ0n) is 14.8. The standard InChI is InChI=1S/C20H17N3O5/c21-10-9-13-5-7-14(8-6-13)22-18(24)12-27-19(25)11-17-20(26)23-15-3-1-2-4-16(15)28-17/h1-8,17H,9,11-12H2,(H,22,24)(H,23,26)/t17-/m1/s1. The van der Waals surface area contributed by atoms with E-state index in [1.165, 1.54) is 0 Å². The molecule has 0 unspecified atom stereocenters. The van der Waals surface area contributed by atoms with Gasteiger partial charge in [0.05, 0.1) is 24.6 Å². The Labute approximate surface area is 161 Å². The van der Waals surface area contributed by atoms with E-state index < -0.39 is 30.5 Å². The van der Waals surface area contributed by atoms with Gasteiger partial charge in [0, 0.05) is 5.69 Å². The number of nitrogens with zero attached hydrogens (tertiary/aromatic N) is 1. The fourth-order valence-corrected chi connectivity index (χ4v) is 2.58. The van der Waals surface area contributed by atoms with Crippen molar-refractivity contribution in [2.24, 2.45) is 0 Å². The van der Waals surface area contributed by atoms with Crippen LogP contribution in [0.1, 0.15) is 12.0 Å². The molecule has 1 aliphatic heterocycles. The van der Waals surface area contributed by atoms with Crippen molar-refractivity contribution in [2.45, 2.75) is 18.9 Å². The van der Waals surface area contributed by atoms with Gasteiger partial charge in [-0.05, 0) is 29.8 Å². The molecule has 0 bridgehead atoms. The van der Waals surface area contributed by atoms with Gasteiger partial charge in [-0.2, -0.15) is 5.26 Å². The van der Waals surface area contributed by atoms with Gasteiger partial charge in [0.2, 0.25) is 0 Å². The number of rotatable bonds is 6. The smallest absolute Gasteiger partial charge is 0.310 e. The Morgan fingerprint density at radius 2 is 1.93 bits per heavy atom. The number of nitriles is 1. The minimum atomic E-state index is -1.02. The molecule has 1 atom stereocenters. The molecular formula is C20H17N3O5. The van der Waals surface area contributed by atoms with E-state index in [1.807, 2.05) is 6.07 Å². The number of hydrogen-bond acceptors (Lipinski definition) is 6. The van der Waals surface area contributed by atoms with E-state index in [2.05, 4.69) is 10.6 Å². The third-order valence-corrected chi connectivity index (χ3v) is 3.94. The molecule has 2 aromatic carbocycles. The Bertz CT molecular complexity index is 934. The summed E-state index contributed by atoms with van der Waals surface area (Å²) < 4.78 is 10.4.